The van der Waals surface area contributed by atoms with E-state index < -0.39 is 23.4 Å². The minimum atomic E-state index is -1.36. The molecule has 1 spiro atoms. The number of halogens is 2. The molecule has 0 unspecified atom stereocenters. The normalized spacial score (nSPS) is 19.5. The zero-order valence-corrected chi connectivity index (χ0v) is 18.7. The van der Waals surface area contributed by atoms with Crippen LogP contribution in [-0.4, -0.2) is 50.3 Å². The van der Waals surface area contributed by atoms with Crippen LogP contribution >= 0.6 is 11.6 Å². The van der Waals surface area contributed by atoms with Gasteiger partial charge in [-0.15, -0.1) is 5.10 Å². The summed E-state index contributed by atoms with van der Waals surface area (Å²) < 4.78 is 20.6. The quantitative estimate of drug-likeness (QED) is 0.521. The van der Waals surface area contributed by atoms with Crippen molar-refractivity contribution in [3.05, 3.63) is 75.6 Å². The van der Waals surface area contributed by atoms with Crippen LogP contribution in [0.2, 0.25) is 5.02 Å². The Morgan fingerprint density at radius 3 is 2.94 bits per heavy atom. The summed E-state index contributed by atoms with van der Waals surface area (Å²) in [4.78, 5) is 31.2. The fourth-order valence-electron chi connectivity index (χ4n) is 4.59. The Morgan fingerprint density at radius 2 is 2.12 bits per heavy atom. The Bertz CT molecular complexity index is 1280. The summed E-state index contributed by atoms with van der Waals surface area (Å²) in [5, 5.41) is 18.6. The van der Waals surface area contributed by atoms with Crippen molar-refractivity contribution in [3.63, 3.8) is 0 Å². The molecule has 11 heteroatoms. The number of aromatic amines is 1. The summed E-state index contributed by atoms with van der Waals surface area (Å²) in [6.45, 7) is 0.261. The topological polar surface area (TPSA) is 120 Å². The van der Waals surface area contributed by atoms with E-state index in [9.17, 15) is 14.7 Å². The second-order valence-corrected chi connectivity index (χ2v) is 8.79. The lowest BCUT2D eigenvalue weighted by molar-refractivity contribution is -0.0420. The van der Waals surface area contributed by atoms with Gasteiger partial charge in [-0.3, -0.25) is 15.2 Å². The predicted molar refractivity (Wildman–Crippen MR) is 120 cm³/mol. The van der Waals surface area contributed by atoms with Crippen LogP contribution in [0.4, 0.5) is 14.9 Å². The first-order chi connectivity index (χ1) is 16.4. The van der Waals surface area contributed by atoms with E-state index in [1.807, 2.05) is 24.3 Å². The Morgan fingerprint density at radius 1 is 1.29 bits per heavy atom. The van der Waals surface area contributed by atoms with Gasteiger partial charge in [-0.2, -0.15) is 0 Å². The Hall–Kier alpha value is -3.50. The van der Waals surface area contributed by atoms with Gasteiger partial charge in [0.15, 0.2) is 11.4 Å². The lowest BCUT2D eigenvalue weighted by Crippen LogP contribution is -2.53. The van der Waals surface area contributed by atoms with Crippen molar-refractivity contribution in [1.82, 2.24) is 20.1 Å². The Kier molecular flexibility index (Phi) is 5.70. The Labute approximate surface area is 198 Å². The molecular weight excluding hydrogens is 465 g/mol. The van der Waals surface area contributed by atoms with E-state index in [1.165, 1.54) is 17.0 Å². The average Bonchev–Trinajstić information content (AvgIpc) is 3.29. The molecule has 1 atom stereocenters. The van der Waals surface area contributed by atoms with Gasteiger partial charge in [-0.25, -0.2) is 14.2 Å². The number of amides is 2. The summed E-state index contributed by atoms with van der Waals surface area (Å²) in [6.07, 6.45) is 0.511. The number of nitrogens with one attached hydrogen (secondary N) is 2. The van der Waals surface area contributed by atoms with Gasteiger partial charge in [0.2, 0.25) is 5.82 Å². The number of aliphatic hydroxyl groups is 1. The van der Waals surface area contributed by atoms with Crippen molar-refractivity contribution in [3.8, 4) is 0 Å². The summed E-state index contributed by atoms with van der Waals surface area (Å²) in [5.41, 5.74) is 0.735. The molecule has 0 bridgehead atoms. The van der Waals surface area contributed by atoms with Crippen molar-refractivity contribution >= 4 is 29.3 Å². The van der Waals surface area contributed by atoms with Crippen LogP contribution in [0.15, 0.2) is 36.4 Å². The number of hydrogen-bond acceptors (Lipinski definition) is 6. The highest BCUT2D eigenvalue weighted by molar-refractivity contribution is 6.31. The van der Waals surface area contributed by atoms with E-state index in [4.69, 9.17) is 16.3 Å². The average molecular weight is 486 g/mol. The molecule has 1 saturated heterocycles. The number of anilines is 1. The van der Waals surface area contributed by atoms with E-state index in [1.54, 1.807) is 0 Å². The maximum absolute atomic E-state index is 15.0. The van der Waals surface area contributed by atoms with Crippen molar-refractivity contribution in [1.29, 1.82) is 0 Å². The molecule has 1 fully saturated rings. The first-order valence-corrected chi connectivity index (χ1v) is 11.1. The number of H-pyrrole nitrogens is 1. The number of carbonyl (C=O) groups excluding carboxylic acids is 2. The molecule has 0 saturated carbocycles. The molecule has 176 valence electrons. The third-order valence-electron chi connectivity index (χ3n) is 6.09. The van der Waals surface area contributed by atoms with Gasteiger partial charge < -0.3 is 14.7 Å². The number of rotatable bonds is 4. The van der Waals surface area contributed by atoms with Crippen LogP contribution in [0.3, 0.4) is 0 Å². The van der Waals surface area contributed by atoms with Gasteiger partial charge in [0.05, 0.1) is 29.4 Å². The number of aliphatic hydroxyl groups excluding tert-OH is 1. The highest BCUT2D eigenvalue weighted by Gasteiger charge is 2.49. The van der Waals surface area contributed by atoms with E-state index in [0.717, 1.165) is 11.1 Å². The summed E-state index contributed by atoms with van der Waals surface area (Å²) in [6, 6.07) is 10.3. The van der Waals surface area contributed by atoms with Crippen LogP contribution in [0.1, 0.15) is 46.0 Å². The van der Waals surface area contributed by atoms with Gasteiger partial charge in [-0.1, -0.05) is 35.9 Å². The number of likely N-dealkylation sites (tertiary alicyclic amines) is 1. The lowest BCUT2D eigenvalue weighted by Gasteiger charge is -2.44. The maximum Gasteiger partial charge on any atom is 0.412 e. The second kappa shape index (κ2) is 8.69. The number of hydrogen-bond donors (Lipinski definition) is 3. The minimum Gasteiger partial charge on any atom is -0.436 e. The van der Waals surface area contributed by atoms with Gasteiger partial charge in [0.25, 0.3) is 5.91 Å². The smallest absolute Gasteiger partial charge is 0.412 e. The van der Waals surface area contributed by atoms with E-state index >= 15 is 4.39 Å². The third-order valence-corrected chi connectivity index (χ3v) is 6.38. The molecule has 1 aromatic heterocycles. The standard InChI is InChI=1S/C23H21ClFN5O4/c24-15-5-6-16-18(19(15)25)23(34-22(33)26-16)7-2-8-30(12-23)21(32)20-27-17(28-29-20)10-13-3-1-4-14(9-13)11-31/h1,3-6,9,31H,2,7-8,10-12H2,(H,26,33)(H,27,28,29)/t23-/m0/s1. The van der Waals surface area contributed by atoms with Crippen molar-refractivity contribution in [2.24, 2.45) is 0 Å². The molecule has 5 rings (SSSR count). The first-order valence-electron chi connectivity index (χ1n) is 10.8. The molecule has 2 amide bonds. The summed E-state index contributed by atoms with van der Waals surface area (Å²) in [5.74, 6) is -0.679. The fraction of sp³-hybridized carbons (Fsp3) is 0.304. The molecule has 34 heavy (non-hydrogen) atoms. The molecule has 0 aliphatic carbocycles. The molecule has 3 aromatic rings. The van der Waals surface area contributed by atoms with Crippen LogP contribution in [-0.2, 0) is 23.4 Å². The minimum absolute atomic E-state index is 0.0302. The molecule has 3 heterocycles. The number of benzene rings is 2. The number of fused-ring (bicyclic) bond motifs is 2. The second-order valence-electron chi connectivity index (χ2n) is 8.38. The largest absolute Gasteiger partial charge is 0.436 e. The highest BCUT2D eigenvalue weighted by atomic mass is 35.5. The number of aromatic nitrogens is 3. The van der Waals surface area contributed by atoms with Crippen LogP contribution in [0.5, 0.6) is 0 Å². The van der Waals surface area contributed by atoms with Gasteiger partial charge in [-0.05, 0) is 36.1 Å². The SMILES string of the molecule is O=C1Nc2ccc(Cl)c(F)c2[C@@]2(CCCN(C(=O)c3n[nH]c(Cc4cccc(CO)c4)n3)C2)O1. The van der Waals surface area contributed by atoms with Crippen LogP contribution in [0, 0.1) is 5.82 Å². The van der Waals surface area contributed by atoms with Crippen molar-refractivity contribution in [2.45, 2.75) is 31.5 Å². The number of ether oxygens (including phenoxy) is 1. The number of piperidine rings is 1. The zero-order valence-electron chi connectivity index (χ0n) is 18.0. The van der Waals surface area contributed by atoms with Crippen molar-refractivity contribution in [2.75, 3.05) is 18.4 Å². The molecule has 9 nitrogen and oxygen atoms in total. The molecule has 2 aliphatic heterocycles. The highest BCUT2D eigenvalue weighted by Crippen LogP contribution is 2.45. The van der Waals surface area contributed by atoms with E-state index in [2.05, 4.69) is 20.5 Å². The van der Waals surface area contributed by atoms with Crippen LogP contribution in [0.25, 0.3) is 0 Å². The number of carbonyl (C=O) groups is 2. The van der Waals surface area contributed by atoms with Gasteiger partial charge >= 0.3 is 6.09 Å². The van der Waals surface area contributed by atoms with Crippen molar-refractivity contribution < 1.29 is 23.8 Å². The predicted octanol–water partition coefficient (Wildman–Crippen LogP) is 3.37. The zero-order chi connectivity index (χ0) is 23.9. The molecule has 2 aliphatic rings. The Balaban J connectivity index is 1.39. The monoisotopic (exact) mass is 485 g/mol. The lowest BCUT2D eigenvalue weighted by atomic mass is 9.83. The van der Waals surface area contributed by atoms with Gasteiger partial charge in [0.1, 0.15) is 5.82 Å². The van der Waals surface area contributed by atoms with Gasteiger partial charge in [0, 0.05) is 13.0 Å². The molecule has 2 aromatic carbocycles. The molecule has 0 radical (unpaired) electrons. The fourth-order valence-corrected chi connectivity index (χ4v) is 4.75. The molecular formula is C23H21ClFN5O4. The first kappa shape index (κ1) is 22.3. The molecule has 3 N–H and O–H groups in total. The maximum atomic E-state index is 15.0. The van der Waals surface area contributed by atoms with E-state index in [0.29, 0.717) is 31.6 Å². The number of nitrogens with zero attached hydrogens (tertiary/aromatic N) is 3. The van der Waals surface area contributed by atoms with Crippen LogP contribution < -0.4 is 5.32 Å². The third kappa shape index (κ3) is 3.99. The summed E-state index contributed by atoms with van der Waals surface area (Å²) in [7, 11) is 0. The van der Waals surface area contributed by atoms with E-state index in [-0.39, 0.29) is 35.2 Å². The summed E-state index contributed by atoms with van der Waals surface area (Å²) >= 11 is 6.01.